The van der Waals surface area contributed by atoms with E-state index in [1.807, 2.05) is 0 Å². The van der Waals surface area contributed by atoms with Gasteiger partial charge in [-0.05, 0) is 0 Å². The van der Waals surface area contributed by atoms with Crippen molar-refractivity contribution in [2.75, 3.05) is 0 Å². The number of hydrogen-bond donors (Lipinski definition) is 0. The van der Waals surface area contributed by atoms with Gasteiger partial charge in [-0.15, -0.1) is 0 Å². The minimum atomic E-state index is 1.19. The molecule has 0 aliphatic heterocycles. The molecule has 0 atom stereocenters. The van der Waals surface area contributed by atoms with Gasteiger partial charge in [0.15, 0.2) is 0 Å². The zero-order chi connectivity index (χ0) is 19.7. The molecule has 26 heavy (non-hydrogen) atoms. The third-order valence-corrected chi connectivity index (χ3v) is 9.04. The second-order valence-corrected chi connectivity index (χ2v) is 9.82. The summed E-state index contributed by atoms with van der Waals surface area (Å²) in [6.07, 6.45) is 0. The van der Waals surface area contributed by atoms with Gasteiger partial charge in [0, 0.05) is 0 Å². The van der Waals surface area contributed by atoms with Crippen LogP contribution in [0.15, 0.2) is 12.2 Å². The number of allylic oxidation sites excluding steroid dienone is 1. The average Bonchev–Trinajstić information content (AvgIpc) is 2.70. The Morgan fingerprint density at radius 3 is 1.27 bits per heavy atom. The molecule has 0 fully saturated rings. The first-order valence-corrected chi connectivity index (χ1v) is 11.2. The van der Waals surface area contributed by atoms with Crippen LogP contribution in [0.3, 0.4) is 0 Å². The van der Waals surface area contributed by atoms with E-state index in [9.17, 15) is 0 Å². The second kappa shape index (κ2) is 6.66. The van der Waals surface area contributed by atoms with Gasteiger partial charge in [-0.2, -0.15) is 0 Å². The summed E-state index contributed by atoms with van der Waals surface area (Å²) >= 11 is 4.32. The van der Waals surface area contributed by atoms with Gasteiger partial charge >= 0.3 is 179 Å². The molecule has 0 radical (unpaired) electrons. The molecule has 0 saturated heterocycles. The summed E-state index contributed by atoms with van der Waals surface area (Å²) in [5.74, 6) is 0. The summed E-state index contributed by atoms with van der Waals surface area (Å²) in [6.45, 7) is 22.7. The van der Waals surface area contributed by atoms with Crippen molar-refractivity contribution in [1.29, 1.82) is 0 Å². The molecule has 2 heteroatoms. The molecule has 2 aromatic rings. The zero-order valence-electron chi connectivity index (χ0n) is 17.1. The van der Waals surface area contributed by atoms with E-state index in [-0.39, 0.29) is 0 Å². The Morgan fingerprint density at radius 1 is 0.538 bits per heavy atom. The Labute approximate surface area is 178 Å². The van der Waals surface area contributed by atoms with E-state index in [1.165, 1.54) is 99.8 Å². The molecule has 0 spiro atoms. The van der Waals surface area contributed by atoms with Crippen LogP contribution in [-0.4, -0.2) is 8.12 Å². The Balaban J connectivity index is 2.71. The van der Waals surface area contributed by atoms with Crippen molar-refractivity contribution in [3.05, 3.63) is 67.8 Å². The second-order valence-electron chi connectivity index (χ2n) is 7.66. The molecule has 0 saturated carbocycles. The van der Waals surface area contributed by atoms with Crippen LogP contribution in [0.1, 0.15) is 55.6 Å². The number of benzene rings is 2. The van der Waals surface area contributed by atoms with E-state index in [0.29, 0.717) is 0 Å². The number of fused-ring (bicyclic) bond motifs is 3. The van der Waals surface area contributed by atoms with Gasteiger partial charge in [0.05, 0.1) is 0 Å². The van der Waals surface area contributed by atoms with Gasteiger partial charge < -0.3 is 0 Å². The molecule has 2 aromatic carbocycles. The molecule has 0 N–H and O–H groups in total. The maximum atomic E-state index is 4.51. The van der Waals surface area contributed by atoms with E-state index in [4.69, 9.17) is 0 Å². The SMILES string of the molecule is C=C1[C](=[V])c2c(C)c(C)c(C)c(C)c2-c2c(C)c(C)c(C)c(C)c2[C]1=[W]. The van der Waals surface area contributed by atoms with Crippen LogP contribution in [0.4, 0.5) is 0 Å². The average molecular weight is 549 g/mol. The summed E-state index contributed by atoms with van der Waals surface area (Å²) in [5.41, 5.74) is 18.2. The molecule has 133 valence electrons. The molecule has 0 amide bonds. The van der Waals surface area contributed by atoms with Crippen LogP contribution in [0.2, 0.25) is 0 Å². The van der Waals surface area contributed by atoms with Crippen LogP contribution in [-0.2, 0) is 36.3 Å². The van der Waals surface area contributed by atoms with Gasteiger partial charge in [-0.3, -0.25) is 0 Å². The van der Waals surface area contributed by atoms with Crippen molar-refractivity contribution in [3.63, 3.8) is 0 Å². The van der Waals surface area contributed by atoms with Crippen molar-refractivity contribution in [2.45, 2.75) is 55.4 Å². The van der Waals surface area contributed by atoms with Gasteiger partial charge in [0.2, 0.25) is 0 Å². The first-order valence-electron chi connectivity index (χ1n) is 9.03. The number of rotatable bonds is 0. The fourth-order valence-corrected chi connectivity index (χ4v) is 6.61. The van der Waals surface area contributed by atoms with Gasteiger partial charge in [0.1, 0.15) is 0 Å². The van der Waals surface area contributed by atoms with Crippen molar-refractivity contribution in [2.24, 2.45) is 0 Å². The first kappa shape index (κ1) is 19.9. The minimum absolute atomic E-state index is 1.19. The molecule has 0 bridgehead atoms. The van der Waals surface area contributed by atoms with E-state index in [2.05, 4.69) is 78.9 Å². The molecule has 1 aliphatic carbocycles. The summed E-state index contributed by atoms with van der Waals surface area (Å²) in [6, 6.07) is 0. The van der Waals surface area contributed by atoms with E-state index >= 15 is 0 Å². The third-order valence-electron chi connectivity index (χ3n) is 6.65. The molecule has 0 aromatic heterocycles. The predicted octanol–water partition coefficient (Wildman–Crippen LogP) is 5.53. The molecule has 1 aliphatic rings. The quantitative estimate of drug-likeness (QED) is 0.406. The van der Waals surface area contributed by atoms with Gasteiger partial charge in [-0.25, -0.2) is 0 Å². The van der Waals surface area contributed by atoms with Crippen molar-refractivity contribution < 1.29 is 36.3 Å². The molecule has 0 heterocycles. The fraction of sp³-hybridized carbons (Fsp3) is 0.333. The van der Waals surface area contributed by atoms with Crippen molar-refractivity contribution in [1.82, 2.24) is 0 Å². The summed E-state index contributed by atoms with van der Waals surface area (Å²) < 4.78 is 2.68. The van der Waals surface area contributed by atoms with Crippen LogP contribution in [0, 0.1) is 55.4 Å². The topological polar surface area (TPSA) is 0 Å². The van der Waals surface area contributed by atoms with E-state index < -0.39 is 0 Å². The fourth-order valence-electron chi connectivity index (χ4n) is 4.24. The normalized spacial score (nSPS) is 13.6. The predicted molar refractivity (Wildman–Crippen MR) is 107 cm³/mol. The standard InChI is InChI=1S/C24H26.V.W/c1-12-10-21-17(6)13(2)15(4)19(8)23(21)24-20(9)16(5)14(3)18(7)22(24)11-12;;/h1H2,2-9H3;;. The summed E-state index contributed by atoms with van der Waals surface area (Å²) in [5, 5.41) is 0. The molecule has 0 nitrogen and oxygen atoms in total. The monoisotopic (exact) mass is 549 g/mol. The Hall–Kier alpha value is -0.807. The zero-order valence-corrected chi connectivity index (χ0v) is 21.4. The van der Waals surface area contributed by atoms with E-state index in [1.54, 1.807) is 0 Å². The van der Waals surface area contributed by atoms with Gasteiger partial charge in [0.25, 0.3) is 0 Å². The summed E-state index contributed by atoms with van der Waals surface area (Å²) in [4.78, 5) is 0. The van der Waals surface area contributed by atoms with Gasteiger partial charge in [-0.1, -0.05) is 0 Å². The Bertz CT molecular complexity index is 968. The Kier molecular flexibility index (Phi) is 5.11. The molecule has 3 rings (SSSR count). The Morgan fingerprint density at radius 2 is 0.846 bits per heavy atom. The first-order chi connectivity index (χ1) is 12.0. The van der Waals surface area contributed by atoms with Crippen LogP contribution >= 0.6 is 0 Å². The molecular weight excluding hydrogens is 523 g/mol. The maximum absolute atomic E-state index is 4.51. The summed E-state index contributed by atoms with van der Waals surface area (Å²) in [7, 11) is 0. The van der Waals surface area contributed by atoms with Crippen LogP contribution in [0.5, 0.6) is 0 Å². The van der Waals surface area contributed by atoms with Crippen LogP contribution < -0.4 is 0 Å². The van der Waals surface area contributed by atoms with Crippen molar-refractivity contribution >= 4 is 8.12 Å². The number of hydrogen-bond acceptors (Lipinski definition) is 0. The molecule has 0 unspecified atom stereocenters. The van der Waals surface area contributed by atoms with E-state index in [0.717, 1.165) is 0 Å². The third kappa shape index (κ3) is 2.53. The molecular formula is C24H26VW. The van der Waals surface area contributed by atoms with Crippen LogP contribution in [0.25, 0.3) is 11.1 Å². The van der Waals surface area contributed by atoms with Crippen molar-refractivity contribution in [3.8, 4) is 11.1 Å².